The molecule has 0 aliphatic heterocycles. The van der Waals surface area contributed by atoms with Crippen LogP contribution in [0.4, 0.5) is 0 Å². The molecule has 0 radical (unpaired) electrons. The minimum Gasteiger partial charge on any atom is -0.456 e. The highest BCUT2D eigenvalue weighted by Gasteiger charge is 2.18. The van der Waals surface area contributed by atoms with E-state index in [1.54, 1.807) is 11.8 Å². The van der Waals surface area contributed by atoms with E-state index in [1.165, 1.54) is 0 Å². The average Bonchev–Trinajstić information content (AvgIpc) is 2.74. The lowest BCUT2D eigenvalue weighted by Gasteiger charge is -2.04. The van der Waals surface area contributed by atoms with E-state index in [2.05, 4.69) is 11.9 Å². The Labute approximate surface area is 123 Å². The van der Waals surface area contributed by atoms with Crippen molar-refractivity contribution in [2.45, 2.75) is 32.3 Å². The number of thioether (sulfide) groups is 1. The molecule has 2 rings (SSSR count). The molecule has 1 heterocycles. The smallest absolute Gasteiger partial charge is 0.355 e. The van der Waals surface area contributed by atoms with Gasteiger partial charge in [-0.05, 0) is 30.7 Å². The third-order valence-corrected chi connectivity index (χ3v) is 4.26. The fourth-order valence-electron chi connectivity index (χ4n) is 2.09. The van der Waals surface area contributed by atoms with E-state index in [0.29, 0.717) is 12.3 Å². The number of nitrogens with one attached hydrogen (secondary N) is 1. The Kier molecular flexibility index (Phi) is 4.90. The number of aromatic nitrogens is 1. The molecule has 106 valence electrons. The van der Waals surface area contributed by atoms with Gasteiger partial charge in [0.1, 0.15) is 12.3 Å². The topological polar surface area (TPSA) is 42.1 Å². The van der Waals surface area contributed by atoms with E-state index in [0.717, 1.165) is 27.5 Å². The normalized spacial score (nSPS) is 10.6. The molecule has 0 unspecified atom stereocenters. The van der Waals surface area contributed by atoms with E-state index in [9.17, 15) is 4.79 Å². The van der Waals surface area contributed by atoms with Gasteiger partial charge in [0, 0.05) is 10.6 Å². The van der Waals surface area contributed by atoms with Gasteiger partial charge >= 0.3 is 5.97 Å². The lowest BCUT2D eigenvalue weighted by Crippen LogP contribution is -2.07. The third kappa shape index (κ3) is 3.25. The molecule has 2 aromatic rings. The summed E-state index contributed by atoms with van der Waals surface area (Å²) in [5.41, 5.74) is 3.56. The maximum atomic E-state index is 12.1. The molecule has 0 bridgehead atoms. The summed E-state index contributed by atoms with van der Waals surface area (Å²) in [5, 5.41) is 0. The predicted molar refractivity (Wildman–Crippen MR) is 82.2 cm³/mol. The van der Waals surface area contributed by atoms with Crippen molar-refractivity contribution in [1.29, 1.82) is 0 Å². The molecule has 3 nitrogen and oxygen atoms in total. The van der Waals surface area contributed by atoms with Crippen LogP contribution >= 0.6 is 11.8 Å². The zero-order valence-corrected chi connectivity index (χ0v) is 12.8. The SMILES string of the molecule is CCSc1c(C)[nH]c(C(=O)OCc2ccccc2)c1C. The quantitative estimate of drug-likeness (QED) is 0.665. The zero-order valence-electron chi connectivity index (χ0n) is 12.0. The lowest BCUT2D eigenvalue weighted by atomic mass is 10.2. The number of carbonyl (C=O) groups is 1. The number of aryl methyl sites for hydroxylation is 1. The van der Waals surface area contributed by atoms with Gasteiger partial charge in [-0.25, -0.2) is 4.79 Å². The van der Waals surface area contributed by atoms with E-state index in [1.807, 2.05) is 44.2 Å². The van der Waals surface area contributed by atoms with Crippen LogP contribution in [0.15, 0.2) is 35.2 Å². The van der Waals surface area contributed by atoms with Crippen molar-refractivity contribution in [3.05, 3.63) is 52.8 Å². The Morgan fingerprint density at radius 1 is 1.25 bits per heavy atom. The molecule has 0 spiro atoms. The van der Waals surface area contributed by atoms with Gasteiger partial charge in [0.05, 0.1) is 0 Å². The van der Waals surface area contributed by atoms with Crippen LogP contribution in [0, 0.1) is 13.8 Å². The van der Waals surface area contributed by atoms with Crippen LogP contribution in [0.1, 0.15) is 34.2 Å². The summed E-state index contributed by atoms with van der Waals surface area (Å²) in [6, 6.07) is 9.70. The summed E-state index contributed by atoms with van der Waals surface area (Å²) >= 11 is 1.74. The van der Waals surface area contributed by atoms with Gasteiger partial charge in [-0.3, -0.25) is 0 Å². The van der Waals surface area contributed by atoms with Crippen LogP contribution in [0.3, 0.4) is 0 Å². The van der Waals surface area contributed by atoms with Crippen molar-refractivity contribution in [1.82, 2.24) is 4.98 Å². The second-order valence-corrected chi connectivity index (χ2v) is 5.85. The number of hydrogen-bond acceptors (Lipinski definition) is 3. The summed E-state index contributed by atoms with van der Waals surface area (Å²) in [6.07, 6.45) is 0. The van der Waals surface area contributed by atoms with Gasteiger partial charge in [0.2, 0.25) is 0 Å². The first kappa shape index (κ1) is 14.7. The molecular formula is C16H19NO2S. The Balaban J connectivity index is 2.08. The van der Waals surface area contributed by atoms with E-state index >= 15 is 0 Å². The fourth-order valence-corrected chi connectivity index (χ4v) is 2.97. The van der Waals surface area contributed by atoms with Gasteiger partial charge in [-0.2, -0.15) is 0 Å². The number of hydrogen-bond donors (Lipinski definition) is 1. The molecule has 1 aromatic carbocycles. The van der Waals surface area contributed by atoms with Gasteiger partial charge in [-0.15, -0.1) is 11.8 Å². The largest absolute Gasteiger partial charge is 0.456 e. The summed E-state index contributed by atoms with van der Waals surface area (Å²) in [5.74, 6) is 0.690. The van der Waals surface area contributed by atoms with Gasteiger partial charge in [0.25, 0.3) is 0 Å². The molecule has 0 amide bonds. The van der Waals surface area contributed by atoms with Gasteiger partial charge in [0.15, 0.2) is 0 Å². The molecule has 1 aromatic heterocycles. The number of rotatable bonds is 5. The minimum absolute atomic E-state index is 0.294. The highest BCUT2D eigenvalue weighted by molar-refractivity contribution is 7.99. The van der Waals surface area contributed by atoms with Crippen molar-refractivity contribution >= 4 is 17.7 Å². The number of benzene rings is 1. The van der Waals surface area contributed by atoms with Gasteiger partial charge < -0.3 is 9.72 Å². The lowest BCUT2D eigenvalue weighted by molar-refractivity contribution is 0.0465. The van der Waals surface area contributed by atoms with Crippen LogP contribution in [0.25, 0.3) is 0 Å². The molecule has 0 aliphatic carbocycles. The minimum atomic E-state index is -0.294. The standard InChI is InChI=1S/C16H19NO2S/c1-4-20-15-11(2)14(17-12(15)3)16(18)19-10-13-8-6-5-7-9-13/h5-9,17H,4,10H2,1-3H3. The van der Waals surface area contributed by atoms with Crippen LogP contribution in [-0.2, 0) is 11.3 Å². The molecule has 0 saturated heterocycles. The highest BCUT2D eigenvalue weighted by atomic mass is 32.2. The summed E-state index contributed by atoms with van der Waals surface area (Å²) in [6.45, 7) is 6.34. The van der Waals surface area contributed by atoms with Crippen LogP contribution < -0.4 is 0 Å². The summed E-state index contributed by atoms with van der Waals surface area (Å²) in [7, 11) is 0. The molecule has 0 fully saturated rings. The number of H-pyrrole nitrogens is 1. The Morgan fingerprint density at radius 2 is 1.95 bits per heavy atom. The van der Waals surface area contributed by atoms with E-state index in [4.69, 9.17) is 4.74 Å². The first-order valence-electron chi connectivity index (χ1n) is 6.66. The maximum absolute atomic E-state index is 12.1. The van der Waals surface area contributed by atoms with Crippen molar-refractivity contribution in [3.8, 4) is 0 Å². The maximum Gasteiger partial charge on any atom is 0.355 e. The Bertz CT molecular complexity index is 590. The van der Waals surface area contributed by atoms with Crippen molar-refractivity contribution in [2.75, 3.05) is 5.75 Å². The molecule has 4 heteroatoms. The molecule has 0 atom stereocenters. The van der Waals surface area contributed by atoms with Crippen molar-refractivity contribution < 1.29 is 9.53 Å². The zero-order chi connectivity index (χ0) is 14.5. The fraction of sp³-hybridized carbons (Fsp3) is 0.312. The van der Waals surface area contributed by atoms with Crippen LogP contribution in [0.5, 0.6) is 0 Å². The average molecular weight is 289 g/mol. The Morgan fingerprint density at radius 3 is 2.60 bits per heavy atom. The van der Waals surface area contributed by atoms with E-state index < -0.39 is 0 Å². The Hall–Kier alpha value is -1.68. The summed E-state index contributed by atoms with van der Waals surface area (Å²) in [4.78, 5) is 16.4. The molecular weight excluding hydrogens is 270 g/mol. The highest BCUT2D eigenvalue weighted by Crippen LogP contribution is 2.28. The molecule has 20 heavy (non-hydrogen) atoms. The molecule has 0 saturated carbocycles. The number of carbonyl (C=O) groups excluding carboxylic acids is 1. The van der Waals surface area contributed by atoms with Gasteiger partial charge in [-0.1, -0.05) is 37.3 Å². The second-order valence-electron chi connectivity index (χ2n) is 4.57. The second kappa shape index (κ2) is 6.66. The van der Waals surface area contributed by atoms with Crippen LogP contribution in [-0.4, -0.2) is 16.7 Å². The van der Waals surface area contributed by atoms with Crippen molar-refractivity contribution in [3.63, 3.8) is 0 Å². The number of ether oxygens (including phenoxy) is 1. The van der Waals surface area contributed by atoms with E-state index in [-0.39, 0.29) is 5.97 Å². The monoisotopic (exact) mass is 289 g/mol. The predicted octanol–water partition coefficient (Wildman–Crippen LogP) is 4.10. The van der Waals surface area contributed by atoms with Crippen molar-refractivity contribution in [2.24, 2.45) is 0 Å². The third-order valence-electron chi connectivity index (χ3n) is 3.07. The molecule has 1 N–H and O–H groups in total. The number of aromatic amines is 1. The number of esters is 1. The first-order chi connectivity index (χ1) is 9.63. The summed E-state index contributed by atoms with van der Waals surface area (Å²) < 4.78 is 5.36. The van der Waals surface area contributed by atoms with Crippen LogP contribution in [0.2, 0.25) is 0 Å². The first-order valence-corrected chi connectivity index (χ1v) is 7.65. The molecule has 0 aliphatic rings.